The van der Waals surface area contributed by atoms with Crippen molar-refractivity contribution < 1.29 is 28.6 Å². The van der Waals surface area contributed by atoms with E-state index in [9.17, 15) is 14.4 Å². The van der Waals surface area contributed by atoms with Crippen molar-refractivity contribution in [3.8, 4) is 0 Å². The summed E-state index contributed by atoms with van der Waals surface area (Å²) < 4.78 is 16.7. The van der Waals surface area contributed by atoms with Gasteiger partial charge in [-0.3, -0.25) is 14.4 Å². The molecule has 0 aromatic heterocycles. The van der Waals surface area contributed by atoms with E-state index in [4.69, 9.17) is 14.2 Å². The van der Waals surface area contributed by atoms with Crippen LogP contribution in [0.3, 0.4) is 0 Å². The van der Waals surface area contributed by atoms with Crippen LogP contribution in [0.4, 0.5) is 0 Å². The molecule has 0 saturated heterocycles. The van der Waals surface area contributed by atoms with Crippen LogP contribution in [0.1, 0.15) is 284 Å². The molecule has 1 atom stereocenters. The minimum absolute atomic E-state index is 0.0661. The largest absolute Gasteiger partial charge is 0.462 e. The molecule has 342 valence electrons. The van der Waals surface area contributed by atoms with Crippen molar-refractivity contribution in [2.75, 3.05) is 13.2 Å². The Kier molecular flexibility index (Phi) is 46.3. The summed E-state index contributed by atoms with van der Waals surface area (Å²) in [5.74, 6) is -0.863. The molecule has 0 radical (unpaired) electrons. The van der Waals surface area contributed by atoms with Gasteiger partial charge in [0.05, 0.1) is 0 Å². The van der Waals surface area contributed by atoms with Crippen LogP contribution in [0.5, 0.6) is 0 Å². The molecule has 0 aromatic carbocycles. The van der Waals surface area contributed by atoms with Gasteiger partial charge in [0.25, 0.3) is 0 Å². The quantitative estimate of drug-likeness (QED) is 0.0263. The molecule has 0 spiro atoms. The van der Waals surface area contributed by atoms with Crippen molar-refractivity contribution in [1.82, 2.24) is 0 Å². The van der Waals surface area contributed by atoms with Crippen LogP contribution in [-0.4, -0.2) is 37.2 Å². The first-order valence-electron chi connectivity index (χ1n) is 25.7. The van der Waals surface area contributed by atoms with E-state index in [0.29, 0.717) is 19.3 Å². The van der Waals surface area contributed by atoms with Gasteiger partial charge < -0.3 is 14.2 Å². The van der Waals surface area contributed by atoms with Crippen molar-refractivity contribution in [3.63, 3.8) is 0 Å². The highest BCUT2D eigenvalue weighted by atomic mass is 16.6. The molecule has 6 nitrogen and oxygen atoms in total. The van der Waals surface area contributed by atoms with Crippen LogP contribution in [0.15, 0.2) is 12.2 Å². The Morgan fingerprint density at radius 1 is 0.328 bits per heavy atom. The third kappa shape index (κ3) is 45.2. The number of hydrogen-bond acceptors (Lipinski definition) is 6. The molecule has 1 unspecified atom stereocenters. The first-order chi connectivity index (χ1) is 28.5. The molecule has 0 rings (SSSR count). The zero-order valence-electron chi connectivity index (χ0n) is 39.1. The van der Waals surface area contributed by atoms with Gasteiger partial charge in [-0.05, 0) is 44.9 Å². The third-order valence-corrected chi connectivity index (χ3v) is 11.5. The van der Waals surface area contributed by atoms with Crippen molar-refractivity contribution in [3.05, 3.63) is 12.2 Å². The Morgan fingerprint density at radius 2 is 0.569 bits per heavy atom. The summed E-state index contributed by atoms with van der Waals surface area (Å²) in [7, 11) is 0. The molecule has 6 heteroatoms. The Balaban J connectivity index is 4.08. The molecular weight excluding hydrogens is 721 g/mol. The first-order valence-corrected chi connectivity index (χ1v) is 25.7. The molecule has 0 heterocycles. The van der Waals surface area contributed by atoms with E-state index in [0.717, 1.165) is 57.8 Å². The van der Waals surface area contributed by atoms with Crippen LogP contribution >= 0.6 is 0 Å². The second-order valence-electron chi connectivity index (χ2n) is 17.4. The maximum absolute atomic E-state index is 12.7. The number of rotatable bonds is 47. The van der Waals surface area contributed by atoms with Crippen molar-refractivity contribution in [2.24, 2.45) is 0 Å². The molecule has 0 aliphatic heterocycles. The Labute approximate surface area is 360 Å². The first kappa shape index (κ1) is 56.1. The number of ether oxygens (including phenoxy) is 3. The summed E-state index contributed by atoms with van der Waals surface area (Å²) in [5.41, 5.74) is 0. The average molecular weight is 819 g/mol. The zero-order valence-corrected chi connectivity index (χ0v) is 39.1. The SMILES string of the molecule is CCCCCCCCCC/C=C\CCCCCCCCCCCCCC(=O)OCC(COC(=O)CCCCCCCCC)OC(=O)CCCCCCCCCCCC. The molecular formula is C52H98O6. The smallest absolute Gasteiger partial charge is 0.306 e. The molecule has 0 bridgehead atoms. The summed E-state index contributed by atoms with van der Waals surface area (Å²) in [6.45, 7) is 6.61. The molecule has 0 aliphatic rings. The molecule has 0 aromatic rings. The minimum Gasteiger partial charge on any atom is -0.462 e. The normalized spacial score (nSPS) is 12.0. The number of allylic oxidation sites excluding steroid dienone is 2. The molecule has 0 aliphatic carbocycles. The Morgan fingerprint density at radius 3 is 0.862 bits per heavy atom. The standard InChI is InChI=1S/C52H98O6/c1-4-7-10-13-16-18-20-21-22-23-24-25-26-27-28-29-30-31-32-34-36-39-42-45-51(54)57-48-49(47-56-50(53)44-41-38-35-15-12-9-6-3)58-52(55)46-43-40-37-33-19-17-14-11-8-5-2/h23-24,49H,4-22,25-48H2,1-3H3/b24-23-. The highest BCUT2D eigenvalue weighted by Crippen LogP contribution is 2.16. The van der Waals surface area contributed by atoms with Gasteiger partial charge in [0, 0.05) is 19.3 Å². The lowest BCUT2D eigenvalue weighted by Gasteiger charge is -2.18. The Hall–Kier alpha value is -1.85. The van der Waals surface area contributed by atoms with Crippen LogP contribution < -0.4 is 0 Å². The molecule has 0 fully saturated rings. The fourth-order valence-electron chi connectivity index (χ4n) is 7.61. The van der Waals surface area contributed by atoms with E-state index in [1.54, 1.807) is 0 Å². The predicted molar refractivity (Wildman–Crippen MR) is 247 cm³/mol. The van der Waals surface area contributed by atoms with Crippen molar-refractivity contribution in [2.45, 2.75) is 290 Å². The minimum atomic E-state index is -0.760. The van der Waals surface area contributed by atoms with Crippen LogP contribution in [0.2, 0.25) is 0 Å². The number of hydrogen-bond donors (Lipinski definition) is 0. The van der Waals surface area contributed by atoms with Gasteiger partial charge in [-0.2, -0.15) is 0 Å². The van der Waals surface area contributed by atoms with Gasteiger partial charge >= 0.3 is 17.9 Å². The van der Waals surface area contributed by atoms with Crippen LogP contribution in [0, 0.1) is 0 Å². The second-order valence-corrected chi connectivity index (χ2v) is 17.4. The fourth-order valence-corrected chi connectivity index (χ4v) is 7.61. The van der Waals surface area contributed by atoms with Crippen LogP contribution in [0.25, 0.3) is 0 Å². The lowest BCUT2D eigenvalue weighted by Crippen LogP contribution is -2.30. The highest BCUT2D eigenvalue weighted by Gasteiger charge is 2.19. The van der Waals surface area contributed by atoms with Gasteiger partial charge in [-0.15, -0.1) is 0 Å². The monoisotopic (exact) mass is 819 g/mol. The molecule has 0 saturated carbocycles. The zero-order chi connectivity index (χ0) is 42.3. The Bertz CT molecular complexity index is 900. The fraction of sp³-hybridized carbons (Fsp3) is 0.904. The van der Waals surface area contributed by atoms with E-state index in [-0.39, 0.29) is 31.1 Å². The van der Waals surface area contributed by atoms with Gasteiger partial charge in [0.2, 0.25) is 0 Å². The van der Waals surface area contributed by atoms with Gasteiger partial charge in [-0.25, -0.2) is 0 Å². The summed E-state index contributed by atoms with van der Waals surface area (Å²) in [6.07, 6.45) is 52.2. The van der Waals surface area contributed by atoms with Crippen molar-refractivity contribution in [1.29, 1.82) is 0 Å². The van der Waals surface area contributed by atoms with Gasteiger partial charge in [0.15, 0.2) is 6.10 Å². The number of esters is 3. The van der Waals surface area contributed by atoms with E-state index in [1.165, 1.54) is 186 Å². The summed E-state index contributed by atoms with van der Waals surface area (Å²) in [5, 5.41) is 0. The van der Waals surface area contributed by atoms with Gasteiger partial charge in [0.1, 0.15) is 13.2 Å². The number of unbranched alkanes of at least 4 members (excludes halogenated alkanes) is 34. The van der Waals surface area contributed by atoms with Crippen molar-refractivity contribution >= 4 is 17.9 Å². The molecule has 58 heavy (non-hydrogen) atoms. The summed E-state index contributed by atoms with van der Waals surface area (Å²) >= 11 is 0. The van der Waals surface area contributed by atoms with Crippen LogP contribution in [-0.2, 0) is 28.6 Å². The third-order valence-electron chi connectivity index (χ3n) is 11.5. The lowest BCUT2D eigenvalue weighted by molar-refractivity contribution is -0.167. The maximum Gasteiger partial charge on any atom is 0.306 e. The molecule has 0 amide bonds. The second kappa shape index (κ2) is 47.8. The number of carbonyl (C=O) groups excluding carboxylic acids is 3. The molecule has 0 N–H and O–H groups in total. The number of carbonyl (C=O) groups is 3. The van der Waals surface area contributed by atoms with E-state index in [2.05, 4.69) is 32.9 Å². The average Bonchev–Trinajstić information content (AvgIpc) is 3.22. The van der Waals surface area contributed by atoms with Gasteiger partial charge in [-0.1, -0.05) is 232 Å². The highest BCUT2D eigenvalue weighted by molar-refractivity contribution is 5.71. The van der Waals surface area contributed by atoms with E-state index in [1.807, 2.05) is 0 Å². The summed E-state index contributed by atoms with van der Waals surface area (Å²) in [6, 6.07) is 0. The maximum atomic E-state index is 12.7. The summed E-state index contributed by atoms with van der Waals surface area (Å²) in [4.78, 5) is 37.7. The predicted octanol–water partition coefficient (Wildman–Crippen LogP) is 16.6. The lowest BCUT2D eigenvalue weighted by atomic mass is 10.0. The van der Waals surface area contributed by atoms with E-state index < -0.39 is 6.10 Å². The van der Waals surface area contributed by atoms with E-state index >= 15 is 0 Å². The topological polar surface area (TPSA) is 78.9 Å².